The number of ether oxygens (including phenoxy) is 1. The average Bonchev–Trinajstić information content (AvgIpc) is 3.37. The van der Waals surface area contributed by atoms with Gasteiger partial charge in [-0.2, -0.15) is 0 Å². The highest BCUT2D eigenvalue weighted by Gasteiger charge is 2.65. The minimum absolute atomic E-state index is 0. The largest absolute Gasteiger partial charge is 0.469 e. The van der Waals surface area contributed by atoms with Gasteiger partial charge in [-0.05, 0) is 38.3 Å². The van der Waals surface area contributed by atoms with Crippen LogP contribution in [0, 0.1) is 11.3 Å². The fraction of sp³-hybridized carbons (Fsp3) is 0.667. The number of halogens is 1. The summed E-state index contributed by atoms with van der Waals surface area (Å²) in [7, 11) is 0. The van der Waals surface area contributed by atoms with Crippen molar-refractivity contribution in [3.63, 3.8) is 0 Å². The van der Waals surface area contributed by atoms with Crippen LogP contribution in [0.15, 0.2) is 40.0 Å². The monoisotopic (exact) mass is 485 g/mol. The van der Waals surface area contributed by atoms with Gasteiger partial charge >= 0.3 is 0 Å². The molecule has 5 nitrogen and oxygen atoms in total. The van der Waals surface area contributed by atoms with Crippen LogP contribution >= 0.6 is 24.0 Å². The van der Waals surface area contributed by atoms with Crippen molar-refractivity contribution in [2.24, 2.45) is 16.3 Å². The van der Waals surface area contributed by atoms with Gasteiger partial charge in [0.1, 0.15) is 5.76 Å². The van der Waals surface area contributed by atoms with E-state index in [1.807, 2.05) is 19.1 Å². The molecule has 27 heavy (non-hydrogen) atoms. The van der Waals surface area contributed by atoms with Gasteiger partial charge in [0.05, 0.1) is 18.9 Å². The van der Waals surface area contributed by atoms with Crippen molar-refractivity contribution in [1.29, 1.82) is 0 Å². The van der Waals surface area contributed by atoms with E-state index in [0.717, 1.165) is 36.9 Å². The predicted octanol–water partition coefficient (Wildman–Crippen LogP) is 3.90. The smallest absolute Gasteiger partial charge is 0.191 e. The molecule has 2 N–H and O–H groups in total. The molecule has 3 aliphatic rings. The van der Waals surface area contributed by atoms with Crippen LogP contribution in [0.5, 0.6) is 0 Å². The van der Waals surface area contributed by atoms with Crippen molar-refractivity contribution in [2.75, 3.05) is 19.7 Å². The van der Waals surface area contributed by atoms with Crippen LogP contribution in [0.2, 0.25) is 0 Å². The second-order valence-electron chi connectivity index (χ2n) is 8.18. The topological polar surface area (TPSA) is 58.8 Å². The number of fused-ring (bicyclic) bond motifs is 2. The molecule has 0 aromatic carbocycles. The molecule has 1 aliphatic heterocycles. The maximum Gasteiger partial charge on any atom is 0.191 e. The number of hydrogen-bond acceptors (Lipinski definition) is 3. The fourth-order valence-electron chi connectivity index (χ4n) is 5.18. The van der Waals surface area contributed by atoms with E-state index in [1.165, 1.54) is 32.1 Å². The first-order valence-corrected chi connectivity index (χ1v) is 10.0. The quantitative estimate of drug-likeness (QED) is 0.278. The van der Waals surface area contributed by atoms with E-state index in [-0.39, 0.29) is 24.0 Å². The van der Waals surface area contributed by atoms with Crippen LogP contribution in [-0.2, 0) is 11.2 Å². The average molecular weight is 485 g/mol. The number of guanidine groups is 1. The van der Waals surface area contributed by atoms with Gasteiger partial charge in [0.15, 0.2) is 5.96 Å². The van der Waals surface area contributed by atoms with Gasteiger partial charge in [-0.1, -0.05) is 25.0 Å². The Morgan fingerprint density at radius 2 is 2.19 bits per heavy atom. The van der Waals surface area contributed by atoms with Crippen LogP contribution in [0.1, 0.15) is 44.8 Å². The molecule has 0 radical (unpaired) electrons. The molecule has 6 heteroatoms. The molecule has 1 aromatic rings. The summed E-state index contributed by atoms with van der Waals surface area (Å²) in [6, 6.07) is 4.43. The Balaban J connectivity index is 0.00000210. The van der Waals surface area contributed by atoms with Crippen LogP contribution in [0.4, 0.5) is 0 Å². The highest BCUT2D eigenvalue weighted by atomic mass is 127. The molecule has 1 aromatic heterocycles. The molecule has 2 heterocycles. The van der Waals surface area contributed by atoms with Crippen molar-refractivity contribution >= 4 is 29.9 Å². The van der Waals surface area contributed by atoms with Crippen LogP contribution in [-0.4, -0.2) is 37.8 Å². The summed E-state index contributed by atoms with van der Waals surface area (Å²) in [5.74, 6) is 2.54. The number of aliphatic imine (C=N–C) groups is 1. The van der Waals surface area contributed by atoms with E-state index < -0.39 is 0 Å². The van der Waals surface area contributed by atoms with Crippen molar-refractivity contribution < 1.29 is 9.15 Å². The zero-order valence-electron chi connectivity index (χ0n) is 16.2. The molecular formula is C21H32IN3O2. The molecular weight excluding hydrogens is 453 g/mol. The summed E-state index contributed by atoms with van der Waals surface area (Å²) in [6.45, 7) is 8.38. The molecule has 3 atom stereocenters. The third kappa shape index (κ3) is 4.21. The van der Waals surface area contributed by atoms with Gasteiger partial charge in [-0.25, -0.2) is 4.99 Å². The lowest BCUT2D eigenvalue weighted by Crippen LogP contribution is -2.69. The van der Waals surface area contributed by atoms with Gasteiger partial charge in [0, 0.05) is 36.9 Å². The fourth-order valence-corrected chi connectivity index (χ4v) is 5.18. The third-order valence-electron chi connectivity index (χ3n) is 6.33. The molecule has 1 saturated heterocycles. The number of rotatable bonds is 6. The van der Waals surface area contributed by atoms with Crippen molar-refractivity contribution in [1.82, 2.24) is 10.6 Å². The standard InChI is InChI=1S/C21H31N3O2.HI/c1-15(2)14-23-20(22-11-7-16-6-5-12-25-16)24-18-17-8-13-26-19(17)21(18)9-3-4-10-21;/h5-6,12,17-19H,1,3-4,7-11,13-14H2,2H3,(H2,22,23,24);1H. The van der Waals surface area contributed by atoms with E-state index in [9.17, 15) is 0 Å². The Kier molecular flexibility index (Phi) is 6.89. The lowest BCUT2D eigenvalue weighted by atomic mass is 9.54. The molecule has 3 fully saturated rings. The molecule has 0 amide bonds. The van der Waals surface area contributed by atoms with E-state index in [4.69, 9.17) is 14.1 Å². The zero-order chi connectivity index (χ0) is 18.0. The third-order valence-corrected chi connectivity index (χ3v) is 6.33. The van der Waals surface area contributed by atoms with Gasteiger partial charge in [-0.15, -0.1) is 24.0 Å². The maximum atomic E-state index is 6.10. The van der Waals surface area contributed by atoms with Crippen LogP contribution in [0.3, 0.4) is 0 Å². The van der Waals surface area contributed by atoms with E-state index in [0.29, 0.717) is 30.0 Å². The van der Waals surface area contributed by atoms with Crippen LogP contribution < -0.4 is 10.6 Å². The van der Waals surface area contributed by atoms with E-state index in [2.05, 4.69) is 17.2 Å². The number of nitrogens with one attached hydrogen (secondary N) is 2. The molecule has 2 saturated carbocycles. The SMILES string of the molecule is C=C(C)CN=C(NCCc1ccco1)NC1C2CCOC2C12CCCC2.I. The summed E-state index contributed by atoms with van der Waals surface area (Å²) in [6.07, 6.45) is 9.44. The van der Waals surface area contributed by atoms with Crippen molar-refractivity contribution in [2.45, 2.75) is 57.6 Å². The number of hydrogen-bond donors (Lipinski definition) is 2. The van der Waals surface area contributed by atoms with Gasteiger partial charge in [0.2, 0.25) is 0 Å². The normalized spacial score (nSPS) is 28.3. The summed E-state index contributed by atoms with van der Waals surface area (Å²) < 4.78 is 11.5. The lowest BCUT2D eigenvalue weighted by Gasteiger charge is -2.57. The Morgan fingerprint density at radius 1 is 1.37 bits per heavy atom. The summed E-state index contributed by atoms with van der Waals surface area (Å²) in [5.41, 5.74) is 1.40. The first-order valence-electron chi connectivity index (χ1n) is 10.0. The Labute approximate surface area is 179 Å². The second-order valence-corrected chi connectivity index (χ2v) is 8.18. The number of furan rings is 1. The number of nitrogens with zero attached hydrogens (tertiary/aromatic N) is 1. The summed E-state index contributed by atoms with van der Waals surface area (Å²) in [4.78, 5) is 4.76. The first kappa shape index (κ1) is 20.7. The molecule has 4 rings (SSSR count). The summed E-state index contributed by atoms with van der Waals surface area (Å²) in [5, 5.41) is 7.28. The first-order chi connectivity index (χ1) is 12.7. The van der Waals surface area contributed by atoms with E-state index >= 15 is 0 Å². The zero-order valence-corrected chi connectivity index (χ0v) is 18.5. The highest BCUT2D eigenvalue weighted by Crippen LogP contribution is 2.60. The minimum atomic E-state index is 0. The predicted molar refractivity (Wildman–Crippen MR) is 119 cm³/mol. The molecule has 1 spiro atoms. The summed E-state index contributed by atoms with van der Waals surface area (Å²) >= 11 is 0. The Morgan fingerprint density at radius 3 is 2.89 bits per heavy atom. The minimum Gasteiger partial charge on any atom is -0.469 e. The Bertz CT molecular complexity index is 652. The van der Waals surface area contributed by atoms with Gasteiger partial charge in [-0.3, -0.25) is 0 Å². The van der Waals surface area contributed by atoms with Gasteiger partial charge in [0.25, 0.3) is 0 Å². The van der Waals surface area contributed by atoms with Crippen molar-refractivity contribution in [3.8, 4) is 0 Å². The molecule has 2 aliphatic carbocycles. The maximum absolute atomic E-state index is 6.10. The Hall–Kier alpha value is -1.02. The van der Waals surface area contributed by atoms with Gasteiger partial charge < -0.3 is 19.8 Å². The highest BCUT2D eigenvalue weighted by molar-refractivity contribution is 14.0. The van der Waals surface area contributed by atoms with E-state index in [1.54, 1.807) is 6.26 Å². The second kappa shape index (κ2) is 8.99. The van der Waals surface area contributed by atoms with Crippen molar-refractivity contribution in [3.05, 3.63) is 36.3 Å². The lowest BCUT2D eigenvalue weighted by molar-refractivity contribution is -0.125. The van der Waals surface area contributed by atoms with Crippen LogP contribution in [0.25, 0.3) is 0 Å². The molecule has 0 bridgehead atoms. The molecule has 3 unspecified atom stereocenters. The molecule has 150 valence electrons.